The van der Waals surface area contributed by atoms with Gasteiger partial charge in [0, 0.05) is 24.6 Å². The maximum Gasteiger partial charge on any atom is 0.244 e. The Bertz CT molecular complexity index is 1200. The minimum absolute atomic E-state index is 0.0408. The molecule has 3 aromatic rings. The molecule has 0 saturated carbocycles. The van der Waals surface area contributed by atoms with Gasteiger partial charge in [-0.2, -0.15) is 5.10 Å². The molecule has 5 rings (SSSR count). The first-order valence-corrected chi connectivity index (χ1v) is 12.5. The van der Waals surface area contributed by atoms with Crippen LogP contribution in [0.15, 0.2) is 42.5 Å². The monoisotopic (exact) mass is 478 g/mol. The highest BCUT2D eigenvalue weighted by atomic mass is 35.5. The van der Waals surface area contributed by atoms with E-state index in [4.69, 9.17) is 16.7 Å². The van der Waals surface area contributed by atoms with E-state index in [1.807, 2.05) is 42.3 Å². The van der Waals surface area contributed by atoms with E-state index in [1.165, 1.54) is 0 Å². The summed E-state index contributed by atoms with van der Waals surface area (Å²) in [6.07, 6.45) is 9.33. The lowest BCUT2D eigenvalue weighted by molar-refractivity contribution is -0.133. The van der Waals surface area contributed by atoms with Crippen molar-refractivity contribution in [2.24, 2.45) is 0 Å². The zero-order valence-corrected chi connectivity index (χ0v) is 20.6. The number of fused-ring (bicyclic) bond motifs is 1. The highest BCUT2D eigenvalue weighted by Gasteiger charge is 2.28. The summed E-state index contributed by atoms with van der Waals surface area (Å²) in [5.74, 6) is 0.292. The Labute approximate surface area is 205 Å². The molecule has 8 heteroatoms. The van der Waals surface area contributed by atoms with Crippen molar-refractivity contribution >= 4 is 28.5 Å². The quantitative estimate of drug-likeness (QED) is 0.504. The van der Waals surface area contributed by atoms with E-state index < -0.39 is 0 Å². The van der Waals surface area contributed by atoms with E-state index in [0.29, 0.717) is 16.4 Å². The van der Waals surface area contributed by atoms with Crippen molar-refractivity contribution in [2.45, 2.75) is 50.6 Å². The largest absolute Gasteiger partial charge is 0.341 e. The summed E-state index contributed by atoms with van der Waals surface area (Å²) in [6.45, 7) is 2.16. The van der Waals surface area contributed by atoms with Gasteiger partial charge in [0.1, 0.15) is 12.2 Å². The number of amides is 1. The van der Waals surface area contributed by atoms with Crippen LogP contribution in [0.25, 0.3) is 22.3 Å². The Morgan fingerprint density at radius 2 is 1.88 bits per heavy atom. The number of carbonyl (C=O) groups excluding carboxylic acids is 1. The molecule has 1 aliphatic carbocycles. The highest BCUT2D eigenvalue weighted by molar-refractivity contribution is 6.37. The van der Waals surface area contributed by atoms with Gasteiger partial charge in [-0.1, -0.05) is 54.1 Å². The van der Waals surface area contributed by atoms with Crippen LogP contribution in [0, 0.1) is 0 Å². The Morgan fingerprint density at radius 3 is 2.59 bits per heavy atom. The van der Waals surface area contributed by atoms with Crippen molar-refractivity contribution < 1.29 is 4.79 Å². The van der Waals surface area contributed by atoms with Crippen molar-refractivity contribution in [2.75, 3.05) is 27.2 Å². The molecule has 0 radical (unpaired) electrons. The van der Waals surface area contributed by atoms with Gasteiger partial charge >= 0.3 is 0 Å². The van der Waals surface area contributed by atoms with Gasteiger partial charge in [-0.25, -0.2) is 4.68 Å². The molecule has 2 aliphatic rings. The van der Waals surface area contributed by atoms with Gasteiger partial charge in [0.2, 0.25) is 5.91 Å². The molecule has 1 aliphatic heterocycles. The van der Waals surface area contributed by atoms with E-state index in [9.17, 15) is 4.79 Å². The van der Waals surface area contributed by atoms with E-state index in [1.54, 1.807) is 4.68 Å². The molecule has 0 N–H and O–H groups in total. The van der Waals surface area contributed by atoms with Gasteiger partial charge < -0.3 is 9.80 Å². The number of likely N-dealkylation sites (tertiary alicyclic amines) is 1. The number of nitrogens with zero attached hydrogens (tertiary/aromatic N) is 6. The maximum atomic E-state index is 13.3. The van der Waals surface area contributed by atoms with Gasteiger partial charge in [-0.15, -0.1) is 10.2 Å². The van der Waals surface area contributed by atoms with Crippen LogP contribution in [0.4, 0.5) is 0 Å². The van der Waals surface area contributed by atoms with Gasteiger partial charge in [0.15, 0.2) is 5.65 Å². The number of hydrogen-bond donors (Lipinski definition) is 0. The van der Waals surface area contributed by atoms with E-state index in [-0.39, 0.29) is 24.4 Å². The van der Waals surface area contributed by atoms with Crippen molar-refractivity contribution in [3.05, 3.63) is 53.2 Å². The Morgan fingerprint density at radius 1 is 1.12 bits per heavy atom. The molecule has 1 aromatic carbocycles. The summed E-state index contributed by atoms with van der Waals surface area (Å²) < 4.78 is 1.71. The fourth-order valence-corrected chi connectivity index (χ4v) is 5.42. The van der Waals surface area contributed by atoms with Gasteiger partial charge in [-0.05, 0) is 52.2 Å². The lowest BCUT2D eigenvalue weighted by atomic mass is 9.90. The normalized spacial score (nSPS) is 19.6. The first kappa shape index (κ1) is 23.0. The van der Waals surface area contributed by atoms with E-state index >= 15 is 0 Å². The SMILES string of the molecule is CN1CCC(N(C)C(=O)Cn2nc(C3CC=CCC3)c3c(Cl)c(-c4ccccc4)nnc32)CC1. The van der Waals surface area contributed by atoms with Crippen LogP contribution in [-0.2, 0) is 11.3 Å². The van der Waals surface area contributed by atoms with Crippen LogP contribution >= 0.6 is 11.6 Å². The third-order valence-corrected chi connectivity index (χ3v) is 7.61. The first-order valence-electron chi connectivity index (χ1n) is 12.1. The minimum atomic E-state index is 0.0408. The van der Waals surface area contributed by atoms with Crippen LogP contribution in [-0.4, -0.2) is 68.9 Å². The third kappa shape index (κ3) is 4.46. The predicted molar refractivity (Wildman–Crippen MR) is 135 cm³/mol. The second-order valence-electron chi connectivity index (χ2n) is 9.49. The molecule has 1 fully saturated rings. The molecule has 1 unspecified atom stereocenters. The van der Waals surface area contributed by atoms with E-state index in [0.717, 1.165) is 61.8 Å². The second kappa shape index (κ2) is 9.84. The van der Waals surface area contributed by atoms with E-state index in [2.05, 4.69) is 34.3 Å². The predicted octanol–water partition coefficient (Wildman–Crippen LogP) is 4.52. The molecule has 0 bridgehead atoms. The molecule has 1 saturated heterocycles. The topological polar surface area (TPSA) is 67.2 Å². The van der Waals surface area contributed by atoms with Crippen LogP contribution in [0.5, 0.6) is 0 Å². The van der Waals surface area contributed by atoms with Gasteiger partial charge in [0.25, 0.3) is 0 Å². The molecule has 1 amide bonds. The van der Waals surface area contributed by atoms with Crippen LogP contribution < -0.4 is 0 Å². The number of rotatable bonds is 5. The molecule has 0 spiro atoms. The van der Waals surface area contributed by atoms with Crippen LogP contribution in [0.2, 0.25) is 5.02 Å². The fraction of sp³-hybridized carbons (Fsp3) is 0.462. The summed E-state index contributed by atoms with van der Waals surface area (Å²) >= 11 is 6.97. The zero-order chi connectivity index (χ0) is 23.7. The first-order chi connectivity index (χ1) is 16.5. The molecular weight excluding hydrogens is 448 g/mol. The average Bonchev–Trinajstić information content (AvgIpc) is 3.24. The molecule has 34 heavy (non-hydrogen) atoms. The average molecular weight is 479 g/mol. The molecular formula is C26H31ClN6O. The number of halogens is 1. The number of allylic oxidation sites excluding steroid dienone is 2. The standard InChI is InChI=1S/C26H31ClN6O/c1-31-15-13-20(14-16-31)32(2)21(34)17-33-26-22(24(30-33)18-9-5-3-6-10-18)23(27)25(28-29-26)19-11-7-4-8-12-19/h3-5,7-8,11-12,18,20H,6,9-10,13-17H2,1-2H3. The highest BCUT2D eigenvalue weighted by Crippen LogP contribution is 2.39. The summed E-state index contributed by atoms with van der Waals surface area (Å²) in [6, 6.07) is 10.1. The van der Waals surface area contributed by atoms with Crippen molar-refractivity contribution in [1.82, 2.24) is 29.8 Å². The summed E-state index contributed by atoms with van der Waals surface area (Å²) in [4.78, 5) is 17.4. The van der Waals surface area contributed by atoms with Gasteiger partial charge in [0.05, 0.1) is 16.1 Å². The summed E-state index contributed by atoms with van der Waals surface area (Å²) in [5, 5.41) is 15.3. The number of piperidine rings is 1. The number of aromatic nitrogens is 4. The smallest absolute Gasteiger partial charge is 0.244 e. The molecule has 1 atom stereocenters. The number of hydrogen-bond acceptors (Lipinski definition) is 5. The summed E-state index contributed by atoms with van der Waals surface area (Å²) in [5.41, 5.74) is 3.07. The van der Waals surface area contributed by atoms with Crippen molar-refractivity contribution in [3.8, 4) is 11.3 Å². The summed E-state index contributed by atoms with van der Waals surface area (Å²) in [7, 11) is 4.03. The molecule has 178 valence electrons. The minimum Gasteiger partial charge on any atom is -0.341 e. The van der Waals surface area contributed by atoms with Gasteiger partial charge in [-0.3, -0.25) is 4.79 Å². The lowest BCUT2D eigenvalue weighted by Crippen LogP contribution is -2.45. The Balaban J connectivity index is 1.51. The molecule has 3 heterocycles. The van der Waals surface area contributed by atoms with Crippen molar-refractivity contribution in [3.63, 3.8) is 0 Å². The Hall–Kier alpha value is -2.77. The van der Waals surface area contributed by atoms with Crippen LogP contribution in [0.1, 0.15) is 43.7 Å². The Kier molecular flexibility index (Phi) is 6.66. The maximum absolute atomic E-state index is 13.3. The fourth-order valence-electron chi connectivity index (χ4n) is 5.09. The number of likely N-dealkylation sites (N-methyl/N-ethyl adjacent to an activating group) is 1. The van der Waals surface area contributed by atoms with Crippen LogP contribution in [0.3, 0.4) is 0 Å². The third-order valence-electron chi connectivity index (χ3n) is 7.24. The van der Waals surface area contributed by atoms with Crippen molar-refractivity contribution in [1.29, 1.82) is 0 Å². The number of carbonyl (C=O) groups is 1. The zero-order valence-electron chi connectivity index (χ0n) is 19.8. The molecule has 2 aromatic heterocycles. The number of benzene rings is 1. The molecule has 7 nitrogen and oxygen atoms in total. The second-order valence-corrected chi connectivity index (χ2v) is 9.87. The lowest BCUT2D eigenvalue weighted by Gasteiger charge is -2.35.